The number of pyridine rings is 1. The van der Waals surface area contributed by atoms with Crippen molar-refractivity contribution in [1.82, 2.24) is 15.3 Å². The zero-order valence-corrected chi connectivity index (χ0v) is 9.01. The van der Waals surface area contributed by atoms with Crippen molar-refractivity contribution in [1.29, 1.82) is 0 Å². The van der Waals surface area contributed by atoms with Crippen LogP contribution in [-0.2, 0) is 0 Å². The van der Waals surface area contributed by atoms with Crippen molar-refractivity contribution in [2.24, 2.45) is 0 Å². The summed E-state index contributed by atoms with van der Waals surface area (Å²) in [5.41, 5.74) is 2.38. The lowest BCUT2D eigenvalue weighted by atomic mass is 9.99. The molecule has 0 bridgehead atoms. The summed E-state index contributed by atoms with van der Waals surface area (Å²) in [4.78, 5) is 7.39. The number of H-pyrrole nitrogens is 1. The Labute approximate surface area is 92.8 Å². The number of aromatic amines is 1. The molecular weight excluding hydrogens is 210 g/mol. The zero-order chi connectivity index (χ0) is 10.3. The van der Waals surface area contributed by atoms with E-state index in [1.807, 2.05) is 6.07 Å². The van der Waals surface area contributed by atoms with Crippen LogP contribution in [0.15, 0.2) is 18.5 Å². The molecule has 0 amide bonds. The van der Waals surface area contributed by atoms with Crippen molar-refractivity contribution in [3.8, 4) is 0 Å². The average Bonchev–Trinajstić information content (AvgIpc) is 2.85. The molecule has 0 spiro atoms. The third-order valence-electron chi connectivity index (χ3n) is 3.08. The lowest BCUT2D eigenvalue weighted by molar-refractivity contribution is 0.769. The minimum absolute atomic E-state index is 0.570. The lowest BCUT2D eigenvalue weighted by Crippen LogP contribution is -2.07. The molecule has 3 heterocycles. The summed E-state index contributed by atoms with van der Waals surface area (Å²) in [5.74, 6) is 0.570. The Morgan fingerprint density at radius 1 is 1.47 bits per heavy atom. The van der Waals surface area contributed by atoms with Crippen molar-refractivity contribution in [3.63, 3.8) is 0 Å². The van der Waals surface area contributed by atoms with E-state index in [0.717, 1.165) is 24.0 Å². The van der Waals surface area contributed by atoms with Crippen LogP contribution >= 0.6 is 11.6 Å². The van der Waals surface area contributed by atoms with Crippen LogP contribution in [0.5, 0.6) is 0 Å². The molecule has 1 atom stereocenters. The molecule has 1 aliphatic heterocycles. The Bertz CT molecular complexity index is 486. The van der Waals surface area contributed by atoms with Crippen LogP contribution in [0.1, 0.15) is 17.9 Å². The SMILES string of the molecule is Clc1nccc2[nH]cc(C3CCNC3)c12. The highest BCUT2D eigenvalue weighted by atomic mass is 35.5. The van der Waals surface area contributed by atoms with E-state index < -0.39 is 0 Å². The van der Waals surface area contributed by atoms with Gasteiger partial charge in [0.1, 0.15) is 5.15 Å². The largest absolute Gasteiger partial charge is 0.361 e. The molecule has 0 aromatic carbocycles. The van der Waals surface area contributed by atoms with E-state index >= 15 is 0 Å². The maximum absolute atomic E-state index is 6.13. The van der Waals surface area contributed by atoms with Gasteiger partial charge in [-0.05, 0) is 30.5 Å². The Morgan fingerprint density at radius 2 is 2.40 bits per heavy atom. The topological polar surface area (TPSA) is 40.7 Å². The van der Waals surface area contributed by atoms with Crippen LogP contribution in [-0.4, -0.2) is 23.1 Å². The molecule has 0 saturated carbocycles. The summed E-state index contributed by atoms with van der Waals surface area (Å²) in [7, 11) is 0. The highest BCUT2D eigenvalue weighted by Gasteiger charge is 2.21. The molecule has 0 aliphatic carbocycles. The summed E-state index contributed by atoms with van der Waals surface area (Å²) in [6.07, 6.45) is 4.98. The quantitative estimate of drug-likeness (QED) is 0.726. The van der Waals surface area contributed by atoms with E-state index in [2.05, 4.69) is 21.5 Å². The standard InChI is InChI=1S/C11H12ClN3/c12-11-10-8(7-1-3-13-5-7)6-15-9(10)2-4-14-11/h2,4,6-7,13,15H,1,3,5H2. The Hall–Kier alpha value is -1.06. The zero-order valence-electron chi connectivity index (χ0n) is 8.26. The third-order valence-corrected chi connectivity index (χ3v) is 3.36. The fourth-order valence-corrected chi connectivity index (χ4v) is 2.57. The molecule has 15 heavy (non-hydrogen) atoms. The first-order chi connectivity index (χ1) is 7.36. The predicted molar refractivity (Wildman–Crippen MR) is 61.3 cm³/mol. The number of nitrogens with zero attached hydrogens (tertiary/aromatic N) is 1. The summed E-state index contributed by atoms with van der Waals surface area (Å²) < 4.78 is 0. The molecule has 4 heteroatoms. The van der Waals surface area contributed by atoms with Crippen LogP contribution in [0.3, 0.4) is 0 Å². The number of aromatic nitrogens is 2. The van der Waals surface area contributed by atoms with Gasteiger partial charge in [-0.1, -0.05) is 11.6 Å². The van der Waals surface area contributed by atoms with E-state index in [1.54, 1.807) is 6.20 Å². The van der Waals surface area contributed by atoms with Crippen LogP contribution in [0, 0.1) is 0 Å². The van der Waals surface area contributed by atoms with Gasteiger partial charge in [0.15, 0.2) is 0 Å². The highest BCUT2D eigenvalue weighted by Crippen LogP contribution is 2.32. The molecule has 1 unspecified atom stereocenters. The summed E-state index contributed by atoms with van der Waals surface area (Å²) >= 11 is 6.13. The van der Waals surface area contributed by atoms with Gasteiger partial charge < -0.3 is 10.3 Å². The Kier molecular flexibility index (Phi) is 2.15. The molecule has 3 nitrogen and oxygen atoms in total. The number of fused-ring (bicyclic) bond motifs is 1. The predicted octanol–water partition coefficient (Wildman–Crippen LogP) is 2.29. The molecule has 1 aliphatic rings. The Morgan fingerprint density at radius 3 is 3.20 bits per heavy atom. The first-order valence-corrected chi connectivity index (χ1v) is 5.56. The second kappa shape index (κ2) is 3.51. The van der Waals surface area contributed by atoms with Crippen LogP contribution in [0.2, 0.25) is 5.15 Å². The molecule has 78 valence electrons. The molecule has 3 rings (SSSR count). The molecule has 1 saturated heterocycles. The van der Waals surface area contributed by atoms with E-state index in [0.29, 0.717) is 11.1 Å². The number of hydrogen-bond donors (Lipinski definition) is 2. The molecule has 2 N–H and O–H groups in total. The molecule has 2 aromatic heterocycles. The monoisotopic (exact) mass is 221 g/mol. The summed E-state index contributed by atoms with van der Waals surface area (Å²) in [6.45, 7) is 2.13. The number of halogens is 1. The van der Waals surface area contributed by atoms with Gasteiger partial charge >= 0.3 is 0 Å². The molecule has 2 aromatic rings. The lowest BCUT2D eigenvalue weighted by Gasteiger charge is -2.06. The van der Waals surface area contributed by atoms with Crippen molar-refractivity contribution < 1.29 is 0 Å². The van der Waals surface area contributed by atoms with Gasteiger partial charge in [0.05, 0.1) is 5.52 Å². The maximum Gasteiger partial charge on any atom is 0.138 e. The van der Waals surface area contributed by atoms with E-state index in [1.165, 1.54) is 12.0 Å². The number of rotatable bonds is 1. The van der Waals surface area contributed by atoms with Crippen molar-refractivity contribution in [3.05, 3.63) is 29.2 Å². The number of hydrogen-bond acceptors (Lipinski definition) is 2. The number of nitrogens with one attached hydrogen (secondary N) is 2. The molecule has 1 fully saturated rings. The van der Waals surface area contributed by atoms with Crippen LogP contribution < -0.4 is 5.32 Å². The van der Waals surface area contributed by atoms with E-state index in [4.69, 9.17) is 11.6 Å². The van der Waals surface area contributed by atoms with Gasteiger partial charge in [-0.25, -0.2) is 4.98 Å². The van der Waals surface area contributed by atoms with Crippen molar-refractivity contribution in [2.45, 2.75) is 12.3 Å². The smallest absolute Gasteiger partial charge is 0.138 e. The van der Waals surface area contributed by atoms with Crippen LogP contribution in [0.4, 0.5) is 0 Å². The third kappa shape index (κ3) is 1.43. The summed E-state index contributed by atoms with van der Waals surface area (Å²) in [6, 6.07) is 1.97. The molecular formula is C11H12ClN3. The first-order valence-electron chi connectivity index (χ1n) is 5.18. The maximum atomic E-state index is 6.13. The minimum atomic E-state index is 0.570. The van der Waals surface area contributed by atoms with E-state index in [-0.39, 0.29) is 0 Å². The van der Waals surface area contributed by atoms with Gasteiger partial charge in [0, 0.05) is 24.3 Å². The first kappa shape index (κ1) is 9.19. The Balaban J connectivity index is 2.18. The van der Waals surface area contributed by atoms with Gasteiger partial charge in [0.2, 0.25) is 0 Å². The van der Waals surface area contributed by atoms with Crippen molar-refractivity contribution in [2.75, 3.05) is 13.1 Å². The van der Waals surface area contributed by atoms with Gasteiger partial charge in [-0.15, -0.1) is 0 Å². The van der Waals surface area contributed by atoms with E-state index in [9.17, 15) is 0 Å². The highest BCUT2D eigenvalue weighted by molar-refractivity contribution is 6.34. The van der Waals surface area contributed by atoms with Gasteiger partial charge in [0.25, 0.3) is 0 Å². The average molecular weight is 222 g/mol. The summed E-state index contributed by atoms with van der Waals surface area (Å²) in [5, 5.41) is 5.07. The van der Waals surface area contributed by atoms with Crippen LogP contribution in [0.25, 0.3) is 10.9 Å². The fraction of sp³-hybridized carbons (Fsp3) is 0.364. The fourth-order valence-electron chi connectivity index (χ4n) is 2.30. The second-order valence-corrected chi connectivity index (χ2v) is 4.32. The second-order valence-electron chi connectivity index (χ2n) is 3.96. The van der Waals surface area contributed by atoms with Gasteiger partial charge in [-0.3, -0.25) is 0 Å². The van der Waals surface area contributed by atoms with Gasteiger partial charge in [-0.2, -0.15) is 0 Å². The molecule has 0 radical (unpaired) electrons. The normalized spacial score (nSPS) is 21.3. The minimum Gasteiger partial charge on any atom is -0.361 e. The van der Waals surface area contributed by atoms with Crippen molar-refractivity contribution >= 4 is 22.5 Å².